The van der Waals surface area contributed by atoms with Gasteiger partial charge in [-0.05, 0) is 18.2 Å². The van der Waals surface area contributed by atoms with E-state index in [0.29, 0.717) is 0 Å². The smallest absolute Gasteiger partial charge is 0.366 e. The molecule has 20 heavy (non-hydrogen) atoms. The van der Waals surface area contributed by atoms with Gasteiger partial charge < -0.3 is 4.84 Å². The molecule has 4 heteroatoms. The van der Waals surface area contributed by atoms with E-state index in [-0.39, 0.29) is 5.69 Å². The zero-order valence-electron chi connectivity index (χ0n) is 10.9. The molecule has 0 bridgehead atoms. The first-order valence-corrected chi connectivity index (χ1v) is 6.40. The third-order valence-corrected chi connectivity index (χ3v) is 3.66. The largest absolute Gasteiger partial charge is 0.412 e. The van der Waals surface area contributed by atoms with Crippen molar-refractivity contribution in [3.8, 4) is 0 Å². The van der Waals surface area contributed by atoms with E-state index in [9.17, 15) is 4.79 Å². The molecule has 4 nitrogen and oxygen atoms in total. The highest BCUT2D eigenvalue weighted by Crippen LogP contribution is 2.24. The van der Waals surface area contributed by atoms with Crippen molar-refractivity contribution in [3.05, 3.63) is 65.1 Å². The summed E-state index contributed by atoms with van der Waals surface area (Å²) in [7, 11) is 1.51. The van der Waals surface area contributed by atoms with E-state index in [1.165, 1.54) is 11.8 Å². The van der Waals surface area contributed by atoms with Gasteiger partial charge in [0, 0.05) is 10.8 Å². The van der Waals surface area contributed by atoms with Crippen molar-refractivity contribution < 1.29 is 4.84 Å². The highest BCUT2D eigenvalue weighted by atomic mass is 16.7. The van der Waals surface area contributed by atoms with Gasteiger partial charge in [0.1, 0.15) is 7.11 Å². The molecule has 0 unspecified atom stereocenters. The lowest BCUT2D eigenvalue weighted by Gasteiger charge is -2.10. The maximum atomic E-state index is 12.6. The first kappa shape index (κ1) is 11.1. The fraction of sp³-hybridized carbons (Fsp3) is 0.0625. The fourth-order valence-corrected chi connectivity index (χ4v) is 2.80. The normalized spacial score (nSPS) is 11.4. The minimum atomic E-state index is -0.192. The van der Waals surface area contributed by atoms with Gasteiger partial charge in [0.15, 0.2) is 0 Å². The van der Waals surface area contributed by atoms with Gasteiger partial charge in [-0.3, -0.25) is 4.40 Å². The summed E-state index contributed by atoms with van der Waals surface area (Å²) in [6.45, 7) is 0. The Hall–Kier alpha value is -2.75. The quantitative estimate of drug-likeness (QED) is 0.529. The third kappa shape index (κ3) is 1.28. The summed E-state index contributed by atoms with van der Waals surface area (Å²) in [4.78, 5) is 17.9. The van der Waals surface area contributed by atoms with Crippen molar-refractivity contribution in [2.24, 2.45) is 0 Å². The van der Waals surface area contributed by atoms with E-state index in [2.05, 4.69) is 0 Å². The number of nitrogens with zero attached hydrogens (tertiary/aromatic N) is 2. The van der Waals surface area contributed by atoms with Gasteiger partial charge in [0.25, 0.3) is 0 Å². The van der Waals surface area contributed by atoms with Crippen molar-refractivity contribution in [2.45, 2.75) is 0 Å². The van der Waals surface area contributed by atoms with E-state index >= 15 is 0 Å². The van der Waals surface area contributed by atoms with E-state index in [0.717, 1.165) is 27.3 Å². The van der Waals surface area contributed by atoms with Crippen molar-refractivity contribution in [3.63, 3.8) is 0 Å². The summed E-state index contributed by atoms with van der Waals surface area (Å²) in [5, 5.41) is 2.04. The Labute approximate surface area is 114 Å². The van der Waals surface area contributed by atoms with Gasteiger partial charge in [-0.25, -0.2) is 4.79 Å². The Bertz CT molecular complexity index is 1010. The van der Waals surface area contributed by atoms with Crippen LogP contribution in [0.1, 0.15) is 0 Å². The summed E-state index contributed by atoms with van der Waals surface area (Å²) in [6, 6.07) is 17.6. The van der Waals surface area contributed by atoms with E-state index < -0.39 is 0 Å². The van der Waals surface area contributed by atoms with Crippen LogP contribution in [0, 0.1) is 0 Å². The summed E-state index contributed by atoms with van der Waals surface area (Å²) in [5.41, 5.74) is 2.38. The van der Waals surface area contributed by atoms with Gasteiger partial charge in [-0.15, -0.1) is 4.73 Å². The number of para-hydroxylation sites is 2. The van der Waals surface area contributed by atoms with E-state index in [1.807, 2.05) is 54.6 Å². The van der Waals surface area contributed by atoms with E-state index in [4.69, 9.17) is 4.84 Å². The minimum Gasteiger partial charge on any atom is -0.412 e. The molecule has 0 aliphatic heterocycles. The van der Waals surface area contributed by atoms with Crippen LogP contribution < -0.4 is 10.5 Å². The topological polar surface area (TPSA) is 35.6 Å². The second kappa shape index (κ2) is 3.87. The van der Waals surface area contributed by atoms with Crippen LogP contribution in [0.25, 0.3) is 27.3 Å². The predicted molar refractivity (Wildman–Crippen MR) is 79.2 cm³/mol. The molecule has 2 aromatic heterocycles. The lowest BCUT2D eigenvalue weighted by atomic mass is 10.2. The molecule has 2 heterocycles. The molecule has 2 aromatic carbocycles. The van der Waals surface area contributed by atoms with Gasteiger partial charge >= 0.3 is 5.69 Å². The van der Waals surface area contributed by atoms with E-state index in [1.54, 1.807) is 4.40 Å². The molecule has 4 aromatic rings. The van der Waals surface area contributed by atoms with Crippen molar-refractivity contribution >= 4 is 27.3 Å². The molecule has 0 fully saturated rings. The molecule has 0 spiro atoms. The molecule has 0 radical (unpaired) electrons. The van der Waals surface area contributed by atoms with Gasteiger partial charge in [-0.2, -0.15) is 0 Å². The Balaban J connectivity index is 2.41. The Kier molecular flexibility index (Phi) is 2.15. The minimum absolute atomic E-state index is 0.192. The zero-order chi connectivity index (χ0) is 13.7. The number of hydrogen-bond donors (Lipinski definition) is 0. The number of benzene rings is 2. The standard InChI is InChI=1S/C16H12N2O2/c1-20-18-14-9-5-3-7-12(14)15-10-11-6-2-4-8-13(11)17(15)16(18)19/h2-10H,1H3. The second-order valence-electron chi connectivity index (χ2n) is 4.70. The first-order valence-electron chi connectivity index (χ1n) is 6.40. The Morgan fingerprint density at radius 1 is 0.900 bits per heavy atom. The van der Waals surface area contributed by atoms with Crippen LogP contribution >= 0.6 is 0 Å². The van der Waals surface area contributed by atoms with Crippen LogP contribution in [-0.4, -0.2) is 16.2 Å². The van der Waals surface area contributed by atoms with Crippen LogP contribution in [0.3, 0.4) is 0 Å². The molecule has 4 rings (SSSR count). The molecule has 0 atom stereocenters. The zero-order valence-corrected chi connectivity index (χ0v) is 10.9. The molecule has 0 amide bonds. The summed E-state index contributed by atoms with van der Waals surface area (Å²) in [6.07, 6.45) is 0. The van der Waals surface area contributed by atoms with Crippen LogP contribution in [0.5, 0.6) is 0 Å². The fourth-order valence-electron chi connectivity index (χ4n) is 2.80. The number of aromatic nitrogens is 2. The molecule has 0 N–H and O–H groups in total. The predicted octanol–water partition coefficient (Wildman–Crippen LogP) is 2.47. The number of hydrogen-bond acceptors (Lipinski definition) is 2. The molecular weight excluding hydrogens is 252 g/mol. The van der Waals surface area contributed by atoms with Crippen molar-refractivity contribution in [2.75, 3.05) is 7.11 Å². The highest BCUT2D eigenvalue weighted by molar-refractivity contribution is 6.00. The Morgan fingerprint density at radius 3 is 2.40 bits per heavy atom. The number of rotatable bonds is 1. The molecule has 0 saturated carbocycles. The average Bonchev–Trinajstić information content (AvgIpc) is 2.88. The van der Waals surface area contributed by atoms with Crippen LogP contribution in [0.2, 0.25) is 0 Å². The summed E-state index contributed by atoms with van der Waals surface area (Å²) >= 11 is 0. The highest BCUT2D eigenvalue weighted by Gasteiger charge is 2.13. The average molecular weight is 264 g/mol. The third-order valence-electron chi connectivity index (χ3n) is 3.66. The molecule has 0 aliphatic rings. The molecular formula is C16H12N2O2. The number of fused-ring (bicyclic) bond motifs is 5. The molecule has 0 saturated heterocycles. The monoisotopic (exact) mass is 264 g/mol. The summed E-state index contributed by atoms with van der Waals surface area (Å²) < 4.78 is 3.02. The summed E-state index contributed by atoms with van der Waals surface area (Å²) in [5.74, 6) is 0. The lowest BCUT2D eigenvalue weighted by molar-refractivity contribution is 0.164. The van der Waals surface area contributed by atoms with Crippen LogP contribution in [0.4, 0.5) is 0 Å². The maximum absolute atomic E-state index is 12.6. The second-order valence-corrected chi connectivity index (χ2v) is 4.70. The van der Waals surface area contributed by atoms with Gasteiger partial charge in [0.2, 0.25) is 0 Å². The van der Waals surface area contributed by atoms with Gasteiger partial charge in [0.05, 0.1) is 16.6 Å². The lowest BCUT2D eigenvalue weighted by Crippen LogP contribution is -2.30. The maximum Gasteiger partial charge on any atom is 0.366 e. The first-order chi connectivity index (χ1) is 9.81. The molecule has 98 valence electrons. The van der Waals surface area contributed by atoms with Crippen LogP contribution in [0.15, 0.2) is 59.4 Å². The molecule has 0 aliphatic carbocycles. The van der Waals surface area contributed by atoms with Crippen molar-refractivity contribution in [1.82, 2.24) is 9.13 Å². The van der Waals surface area contributed by atoms with Crippen LogP contribution in [-0.2, 0) is 0 Å². The SMILES string of the molecule is COn1c(=O)n2c3ccccc3cc2c2ccccc21. The van der Waals surface area contributed by atoms with Gasteiger partial charge in [-0.1, -0.05) is 36.4 Å². The van der Waals surface area contributed by atoms with Crippen molar-refractivity contribution in [1.29, 1.82) is 0 Å². The Morgan fingerprint density at radius 2 is 1.60 bits per heavy atom.